The fourth-order valence-electron chi connectivity index (χ4n) is 1.76. The van der Waals surface area contributed by atoms with E-state index in [1.165, 1.54) is 6.07 Å². The first-order valence-corrected chi connectivity index (χ1v) is 5.86. The maximum absolute atomic E-state index is 13.5. The molecule has 0 aromatic heterocycles. The highest BCUT2D eigenvalue weighted by Crippen LogP contribution is 2.22. The van der Waals surface area contributed by atoms with E-state index in [4.69, 9.17) is 9.84 Å². The van der Waals surface area contributed by atoms with Crippen LogP contribution in [0.2, 0.25) is 0 Å². The highest BCUT2D eigenvalue weighted by Gasteiger charge is 2.08. The molecule has 94 valence electrons. The lowest BCUT2D eigenvalue weighted by molar-refractivity contribution is 0.257. The third kappa shape index (κ3) is 3.08. The molecule has 0 saturated carbocycles. The van der Waals surface area contributed by atoms with E-state index in [0.717, 1.165) is 5.56 Å². The highest BCUT2D eigenvalue weighted by molar-refractivity contribution is 5.34. The zero-order valence-corrected chi connectivity index (χ0v) is 9.97. The monoisotopic (exact) mass is 246 g/mol. The first-order valence-electron chi connectivity index (χ1n) is 5.86. The van der Waals surface area contributed by atoms with Crippen molar-refractivity contribution in [2.75, 3.05) is 6.61 Å². The first kappa shape index (κ1) is 12.6. The molecule has 2 rings (SSSR count). The van der Waals surface area contributed by atoms with Gasteiger partial charge in [0.05, 0.1) is 13.2 Å². The van der Waals surface area contributed by atoms with Crippen molar-refractivity contribution in [3.63, 3.8) is 0 Å². The van der Waals surface area contributed by atoms with Crippen LogP contribution >= 0.6 is 0 Å². The quantitative estimate of drug-likeness (QED) is 0.879. The van der Waals surface area contributed by atoms with Gasteiger partial charge in [-0.05, 0) is 11.6 Å². The summed E-state index contributed by atoms with van der Waals surface area (Å²) < 4.78 is 19.0. The van der Waals surface area contributed by atoms with Crippen LogP contribution in [0.15, 0.2) is 48.5 Å². The van der Waals surface area contributed by atoms with Crippen molar-refractivity contribution >= 4 is 0 Å². The second-order valence-electron chi connectivity index (χ2n) is 3.97. The molecule has 0 saturated heterocycles. The molecule has 0 amide bonds. The van der Waals surface area contributed by atoms with E-state index in [2.05, 4.69) is 0 Å². The van der Waals surface area contributed by atoms with Gasteiger partial charge in [-0.25, -0.2) is 4.39 Å². The van der Waals surface area contributed by atoms with Gasteiger partial charge in [0.25, 0.3) is 0 Å². The zero-order valence-electron chi connectivity index (χ0n) is 9.97. The topological polar surface area (TPSA) is 29.5 Å². The molecule has 3 heteroatoms. The molecule has 2 aromatic carbocycles. The fraction of sp³-hybridized carbons (Fsp3) is 0.200. The van der Waals surface area contributed by atoms with Gasteiger partial charge in [-0.1, -0.05) is 42.5 Å². The molecule has 2 aromatic rings. The summed E-state index contributed by atoms with van der Waals surface area (Å²) in [5.41, 5.74) is 1.61. The van der Waals surface area contributed by atoms with Crippen LogP contribution in [0.5, 0.6) is 5.75 Å². The summed E-state index contributed by atoms with van der Waals surface area (Å²) in [5.74, 6) is -0.287. The van der Waals surface area contributed by atoms with Gasteiger partial charge in [0.15, 0.2) is 11.6 Å². The van der Waals surface area contributed by atoms with Gasteiger partial charge in [-0.2, -0.15) is 0 Å². The number of benzene rings is 2. The SMILES string of the molecule is OCc1cccc(F)c1OCCc1ccccc1. The minimum Gasteiger partial charge on any atom is -0.490 e. The van der Waals surface area contributed by atoms with Crippen LogP contribution in [0.4, 0.5) is 4.39 Å². The molecular formula is C15H15FO2. The minimum absolute atomic E-state index is 0.149. The van der Waals surface area contributed by atoms with E-state index >= 15 is 0 Å². The molecular weight excluding hydrogens is 231 g/mol. The van der Waals surface area contributed by atoms with Gasteiger partial charge in [-0.3, -0.25) is 0 Å². The average Bonchev–Trinajstić information content (AvgIpc) is 2.41. The summed E-state index contributed by atoms with van der Waals surface area (Å²) in [6, 6.07) is 14.4. The van der Waals surface area contributed by atoms with Gasteiger partial charge < -0.3 is 9.84 Å². The van der Waals surface area contributed by atoms with Gasteiger partial charge >= 0.3 is 0 Å². The molecule has 0 aliphatic heterocycles. The average molecular weight is 246 g/mol. The molecule has 0 fully saturated rings. The maximum Gasteiger partial charge on any atom is 0.165 e. The van der Waals surface area contributed by atoms with Gasteiger partial charge in [-0.15, -0.1) is 0 Å². The summed E-state index contributed by atoms with van der Waals surface area (Å²) in [5, 5.41) is 9.11. The number of ether oxygens (including phenoxy) is 1. The Labute approximate surface area is 106 Å². The molecule has 0 radical (unpaired) electrons. The number of aliphatic hydroxyl groups excluding tert-OH is 1. The van der Waals surface area contributed by atoms with E-state index in [1.54, 1.807) is 12.1 Å². The summed E-state index contributed by atoms with van der Waals surface area (Å²) in [7, 11) is 0. The smallest absolute Gasteiger partial charge is 0.165 e. The molecule has 0 aliphatic carbocycles. The second kappa shape index (κ2) is 6.17. The molecule has 18 heavy (non-hydrogen) atoms. The van der Waals surface area contributed by atoms with Crippen molar-refractivity contribution in [2.24, 2.45) is 0 Å². The normalized spacial score (nSPS) is 10.3. The number of hydrogen-bond acceptors (Lipinski definition) is 2. The van der Waals surface area contributed by atoms with Gasteiger partial charge in [0, 0.05) is 12.0 Å². The number of halogens is 1. The Bertz CT molecular complexity index is 497. The number of hydrogen-bond donors (Lipinski definition) is 1. The maximum atomic E-state index is 13.5. The Morgan fingerprint density at radius 1 is 1.00 bits per heavy atom. The van der Waals surface area contributed by atoms with E-state index in [9.17, 15) is 4.39 Å². The summed E-state index contributed by atoms with van der Waals surface area (Å²) >= 11 is 0. The molecule has 0 spiro atoms. The Hall–Kier alpha value is -1.87. The summed E-state index contributed by atoms with van der Waals surface area (Å²) in [6.07, 6.45) is 0.708. The Kier molecular flexibility index (Phi) is 4.31. The Morgan fingerprint density at radius 3 is 2.50 bits per heavy atom. The first-order chi connectivity index (χ1) is 8.81. The van der Waals surface area contributed by atoms with E-state index < -0.39 is 5.82 Å². The zero-order chi connectivity index (χ0) is 12.8. The molecule has 0 bridgehead atoms. The van der Waals surface area contributed by atoms with Crippen LogP contribution in [-0.4, -0.2) is 11.7 Å². The van der Waals surface area contributed by atoms with Crippen LogP contribution in [0.1, 0.15) is 11.1 Å². The Morgan fingerprint density at radius 2 is 1.78 bits per heavy atom. The number of aliphatic hydroxyl groups is 1. The predicted molar refractivity (Wildman–Crippen MR) is 68.0 cm³/mol. The van der Waals surface area contributed by atoms with Crippen LogP contribution in [0.25, 0.3) is 0 Å². The van der Waals surface area contributed by atoms with E-state index in [0.29, 0.717) is 18.6 Å². The largest absolute Gasteiger partial charge is 0.490 e. The van der Waals surface area contributed by atoms with Gasteiger partial charge in [0.2, 0.25) is 0 Å². The fourth-order valence-corrected chi connectivity index (χ4v) is 1.76. The second-order valence-corrected chi connectivity index (χ2v) is 3.97. The van der Waals surface area contributed by atoms with Crippen LogP contribution in [0, 0.1) is 5.82 Å². The van der Waals surface area contributed by atoms with Crippen molar-refractivity contribution in [2.45, 2.75) is 13.0 Å². The van der Waals surface area contributed by atoms with E-state index in [-0.39, 0.29) is 12.4 Å². The van der Waals surface area contributed by atoms with E-state index in [1.807, 2.05) is 30.3 Å². The molecule has 0 unspecified atom stereocenters. The highest BCUT2D eigenvalue weighted by atomic mass is 19.1. The standard InChI is InChI=1S/C15H15FO2/c16-14-8-4-7-13(11-17)15(14)18-10-9-12-5-2-1-3-6-12/h1-8,17H,9-11H2. The Balaban J connectivity index is 1.98. The lowest BCUT2D eigenvalue weighted by atomic mass is 10.1. The number of para-hydroxylation sites is 1. The minimum atomic E-state index is -0.436. The lowest BCUT2D eigenvalue weighted by Crippen LogP contribution is -2.05. The summed E-state index contributed by atoms with van der Waals surface area (Å²) in [4.78, 5) is 0. The van der Waals surface area contributed by atoms with Crippen molar-refractivity contribution in [3.05, 3.63) is 65.5 Å². The van der Waals surface area contributed by atoms with Crippen LogP contribution in [0.3, 0.4) is 0 Å². The molecule has 1 N–H and O–H groups in total. The van der Waals surface area contributed by atoms with Crippen molar-refractivity contribution in [3.8, 4) is 5.75 Å². The molecule has 0 atom stereocenters. The van der Waals surface area contributed by atoms with Crippen LogP contribution < -0.4 is 4.74 Å². The molecule has 2 nitrogen and oxygen atoms in total. The predicted octanol–water partition coefficient (Wildman–Crippen LogP) is 2.94. The van der Waals surface area contributed by atoms with Gasteiger partial charge in [0.1, 0.15) is 0 Å². The lowest BCUT2D eigenvalue weighted by Gasteiger charge is -2.10. The third-order valence-electron chi connectivity index (χ3n) is 2.70. The summed E-state index contributed by atoms with van der Waals surface area (Å²) in [6.45, 7) is 0.163. The number of rotatable bonds is 5. The van der Waals surface area contributed by atoms with Crippen molar-refractivity contribution in [1.82, 2.24) is 0 Å². The van der Waals surface area contributed by atoms with Crippen molar-refractivity contribution in [1.29, 1.82) is 0 Å². The van der Waals surface area contributed by atoms with Crippen LogP contribution in [-0.2, 0) is 13.0 Å². The third-order valence-corrected chi connectivity index (χ3v) is 2.70. The van der Waals surface area contributed by atoms with Crippen molar-refractivity contribution < 1.29 is 14.2 Å². The molecule has 0 aliphatic rings. The molecule has 0 heterocycles.